The monoisotopic (exact) mass is 494 g/mol. The maximum Gasteiger partial charge on any atom is 0.185 e. The van der Waals surface area contributed by atoms with Gasteiger partial charge in [0.15, 0.2) is 15.0 Å². The highest BCUT2D eigenvalue weighted by Crippen LogP contribution is 2.33. The molecule has 2 heterocycles. The van der Waals surface area contributed by atoms with Gasteiger partial charge in [0.2, 0.25) is 0 Å². The average Bonchev–Trinajstić information content (AvgIpc) is 3.24. The van der Waals surface area contributed by atoms with E-state index in [1.54, 1.807) is 23.5 Å². The molecule has 1 aliphatic heterocycles. The SMILES string of the molecule is CCc1ccc(Cc2csc(N3CCC(S(=O)(=O)c4cc(Cl)ccc4Cl)CC3)n2)cc1. The van der Waals surface area contributed by atoms with E-state index in [1.807, 2.05) is 0 Å². The van der Waals surface area contributed by atoms with E-state index >= 15 is 0 Å². The number of hydrogen-bond acceptors (Lipinski definition) is 5. The Hall–Kier alpha value is -1.60. The number of nitrogens with zero attached hydrogens (tertiary/aromatic N) is 2. The summed E-state index contributed by atoms with van der Waals surface area (Å²) in [6, 6.07) is 13.2. The smallest absolute Gasteiger partial charge is 0.185 e. The number of sulfone groups is 1. The van der Waals surface area contributed by atoms with Gasteiger partial charge in [0.05, 0.1) is 20.9 Å². The molecule has 1 aromatic heterocycles. The van der Waals surface area contributed by atoms with E-state index in [1.165, 1.54) is 17.2 Å². The lowest BCUT2D eigenvalue weighted by atomic mass is 10.1. The summed E-state index contributed by atoms with van der Waals surface area (Å²) in [5.74, 6) is 0. The lowest BCUT2D eigenvalue weighted by Crippen LogP contribution is -2.39. The van der Waals surface area contributed by atoms with Gasteiger partial charge in [0.25, 0.3) is 0 Å². The van der Waals surface area contributed by atoms with Crippen molar-refractivity contribution in [3.63, 3.8) is 0 Å². The van der Waals surface area contributed by atoms with Crippen molar-refractivity contribution in [1.82, 2.24) is 4.98 Å². The summed E-state index contributed by atoms with van der Waals surface area (Å²) >= 11 is 13.8. The van der Waals surface area contributed by atoms with E-state index in [9.17, 15) is 8.42 Å². The van der Waals surface area contributed by atoms with Gasteiger partial charge in [-0.2, -0.15) is 0 Å². The molecule has 0 unspecified atom stereocenters. The fraction of sp³-hybridized carbons (Fsp3) is 0.348. The highest BCUT2D eigenvalue weighted by Gasteiger charge is 2.33. The Morgan fingerprint density at radius 3 is 2.42 bits per heavy atom. The van der Waals surface area contributed by atoms with Crippen LogP contribution in [-0.2, 0) is 22.7 Å². The zero-order valence-electron chi connectivity index (χ0n) is 17.2. The summed E-state index contributed by atoms with van der Waals surface area (Å²) in [6.45, 7) is 3.46. The number of anilines is 1. The second-order valence-electron chi connectivity index (χ2n) is 7.77. The van der Waals surface area contributed by atoms with Gasteiger partial charge in [-0.25, -0.2) is 13.4 Å². The molecule has 0 amide bonds. The van der Waals surface area contributed by atoms with Gasteiger partial charge in [-0.05, 0) is 48.6 Å². The van der Waals surface area contributed by atoms with Gasteiger partial charge < -0.3 is 4.90 Å². The van der Waals surface area contributed by atoms with Gasteiger partial charge in [-0.3, -0.25) is 0 Å². The van der Waals surface area contributed by atoms with E-state index in [4.69, 9.17) is 28.2 Å². The molecule has 0 N–H and O–H groups in total. The molecule has 8 heteroatoms. The zero-order valence-corrected chi connectivity index (χ0v) is 20.4. The van der Waals surface area contributed by atoms with E-state index in [2.05, 4.69) is 41.5 Å². The van der Waals surface area contributed by atoms with E-state index in [-0.39, 0.29) is 9.92 Å². The quantitative estimate of drug-likeness (QED) is 0.418. The second-order valence-corrected chi connectivity index (χ2v) is 11.7. The van der Waals surface area contributed by atoms with E-state index in [0.29, 0.717) is 31.0 Å². The van der Waals surface area contributed by atoms with Crippen molar-refractivity contribution >= 4 is 49.5 Å². The predicted octanol–water partition coefficient (Wildman–Crippen LogP) is 6.05. The first-order chi connectivity index (χ1) is 14.9. The minimum absolute atomic E-state index is 0.130. The lowest BCUT2D eigenvalue weighted by molar-refractivity contribution is 0.529. The molecule has 0 atom stereocenters. The third-order valence-electron chi connectivity index (χ3n) is 5.71. The maximum absolute atomic E-state index is 13.1. The zero-order chi connectivity index (χ0) is 22.0. The molecule has 164 valence electrons. The summed E-state index contributed by atoms with van der Waals surface area (Å²) in [4.78, 5) is 7.11. The van der Waals surface area contributed by atoms with Crippen LogP contribution in [0, 0.1) is 0 Å². The minimum atomic E-state index is -3.52. The highest BCUT2D eigenvalue weighted by atomic mass is 35.5. The third-order valence-corrected chi connectivity index (χ3v) is 9.63. The van der Waals surface area contributed by atoms with Crippen molar-refractivity contribution in [2.45, 2.75) is 42.8 Å². The van der Waals surface area contributed by atoms with Gasteiger partial charge in [-0.1, -0.05) is 54.4 Å². The molecule has 4 rings (SSSR count). The first-order valence-corrected chi connectivity index (χ1v) is 13.5. The summed E-state index contributed by atoms with van der Waals surface area (Å²) in [7, 11) is -3.52. The number of rotatable bonds is 6. The Labute approximate surface area is 197 Å². The molecule has 0 radical (unpaired) electrons. The molecule has 1 aliphatic rings. The van der Waals surface area contributed by atoms with Gasteiger partial charge in [0, 0.05) is 29.9 Å². The van der Waals surface area contributed by atoms with Gasteiger partial charge >= 0.3 is 0 Å². The van der Waals surface area contributed by atoms with Crippen LogP contribution in [0.2, 0.25) is 10.0 Å². The number of piperidine rings is 1. The molecular formula is C23H24Cl2N2O2S2. The Bertz CT molecular complexity index is 1150. The fourth-order valence-corrected chi connectivity index (χ4v) is 7.23. The molecule has 0 spiro atoms. The molecular weight excluding hydrogens is 471 g/mol. The van der Waals surface area contributed by atoms with Crippen LogP contribution in [0.4, 0.5) is 5.13 Å². The number of halogens is 2. The number of aromatic nitrogens is 1. The number of aryl methyl sites for hydroxylation is 1. The molecule has 3 aromatic rings. The van der Waals surface area contributed by atoms with Crippen LogP contribution in [0.15, 0.2) is 52.7 Å². The second kappa shape index (κ2) is 9.49. The van der Waals surface area contributed by atoms with Crippen molar-refractivity contribution in [3.8, 4) is 0 Å². The van der Waals surface area contributed by atoms with Gasteiger partial charge in [-0.15, -0.1) is 11.3 Å². The fourth-order valence-electron chi connectivity index (χ4n) is 3.86. The van der Waals surface area contributed by atoms with E-state index < -0.39 is 15.1 Å². The van der Waals surface area contributed by atoms with E-state index in [0.717, 1.165) is 23.7 Å². The summed E-state index contributed by atoms with van der Waals surface area (Å²) in [5, 5.41) is 3.19. The van der Waals surface area contributed by atoms with Crippen LogP contribution in [0.3, 0.4) is 0 Å². The number of benzene rings is 2. The molecule has 0 bridgehead atoms. The molecule has 0 saturated carbocycles. The van der Waals surface area contributed by atoms with Crippen LogP contribution >= 0.6 is 34.5 Å². The minimum Gasteiger partial charge on any atom is -0.348 e. The highest BCUT2D eigenvalue weighted by molar-refractivity contribution is 7.92. The van der Waals surface area contributed by atoms with Crippen LogP contribution in [0.5, 0.6) is 0 Å². The Kier molecular flexibility index (Phi) is 6.92. The lowest BCUT2D eigenvalue weighted by Gasteiger charge is -2.31. The van der Waals surface area contributed by atoms with Crippen molar-refractivity contribution < 1.29 is 8.42 Å². The largest absolute Gasteiger partial charge is 0.348 e. The van der Waals surface area contributed by atoms with Crippen LogP contribution < -0.4 is 4.90 Å². The van der Waals surface area contributed by atoms with Crippen molar-refractivity contribution in [1.29, 1.82) is 0 Å². The first kappa shape index (κ1) is 22.6. The summed E-state index contributed by atoms with van der Waals surface area (Å²) < 4.78 is 26.2. The third kappa shape index (κ3) is 5.08. The molecule has 4 nitrogen and oxygen atoms in total. The van der Waals surface area contributed by atoms with Crippen LogP contribution in [0.25, 0.3) is 0 Å². The molecule has 1 fully saturated rings. The summed E-state index contributed by atoms with van der Waals surface area (Å²) in [6.07, 6.45) is 2.92. The molecule has 2 aromatic carbocycles. The van der Waals surface area contributed by atoms with Crippen LogP contribution in [0.1, 0.15) is 36.6 Å². The topological polar surface area (TPSA) is 50.3 Å². The van der Waals surface area contributed by atoms with Crippen molar-refractivity contribution in [3.05, 3.63) is 74.7 Å². The van der Waals surface area contributed by atoms with Crippen molar-refractivity contribution in [2.75, 3.05) is 18.0 Å². The molecule has 1 saturated heterocycles. The number of hydrogen-bond donors (Lipinski definition) is 0. The maximum atomic E-state index is 13.1. The molecule has 0 aliphatic carbocycles. The van der Waals surface area contributed by atoms with Crippen LogP contribution in [-0.4, -0.2) is 31.7 Å². The van der Waals surface area contributed by atoms with Crippen molar-refractivity contribution in [2.24, 2.45) is 0 Å². The van der Waals surface area contributed by atoms with Gasteiger partial charge in [0.1, 0.15) is 0 Å². The predicted molar refractivity (Wildman–Crippen MR) is 130 cm³/mol. The normalized spacial score (nSPS) is 15.4. The molecule has 31 heavy (non-hydrogen) atoms. The Balaban J connectivity index is 1.40. The number of thiazole rings is 1. The standard InChI is InChI=1S/C23H24Cl2N2O2S2/c1-2-16-3-5-17(6-4-16)13-19-15-30-23(26-19)27-11-9-20(10-12-27)31(28,29)22-14-18(24)7-8-21(22)25/h3-8,14-15,20H,2,9-13H2,1H3. The Morgan fingerprint density at radius 2 is 1.74 bits per heavy atom. The Morgan fingerprint density at radius 1 is 1.06 bits per heavy atom. The summed E-state index contributed by atoms with van der Waals surface area (Å²) in [5.41, 5.74) is 3.63. The average molecular weight is 495 g/mol. The first-order valence-electron chi connectivity index (χ1n) is 10.3.